The molecule has 3 aliphatic rings. The number of morpholine rings is 1. The van der Waals surface area contributed by atoms with Gasteiger partial charge < -0.3 is 28.9 Å². The molecule has 194 valence electrons. The highest BCUT2D eigenvalue weighted by molar-refractivity contribution is 6.31. The second kappa shape index (κ2) is 11.9. The van der Waals surface area contributed by atoms with E-state index < -0.39 is 5.60 Å². The zero-order chi connectivity index (χ0) is 24.8. The molecule has 0 spiro atoms. The van der Waals surface area contributed by atoms with E-state index in [4.69, 9.17) is 25.8 Å². The first-order valence-electron chi connectivity index (χ1n) is 12.7. The monoisotopic (exact) mass is 507 g/mol. The van der Waals surface area contributed by atoms with E-state index in [0.29, 0.717) is 50.0 Å². The summed E-state index contributed by atoms with van der Waals surface area (Å²) in [5, 5.41) is 0.674. The zero-order valence-corrected chi connectivity index (χ0v) is 21.7. The van der Waals surface area contributed by atoms with Crippen molar-refractivity contribution in [3.63, 3.8) is 0 Å². The fourth-order valence-corrected chi connectivity index (χ4v) is 5.08. The van der Waals surface area contributed by atoms with E-state index in [2.05, 4.69) is 11.9 Å². The number of benzene rings is 1. The molecule has 0 N–H and O–H groups in total. The molecule has 0 aliphatic carbocycles. The number of halogens is 1. The van der Waals surface area contributed by atoms with Crippen molar-refractivity contribution in [3.8, 4) is 5.75 Å². The summed E-state index contributed by atoms with van der Waals surface area (Å²) in [6.07, 6.45) is 3.60. The maximum absolute atomic E-state index is 13.3. The molecule has 0 bridgehead atoms. The fourth-order valence-electron chi connectivity index (χ4n) is 4.96. The van der Waals surface area contributed by atoms with E-state index >= 15 is 0 Å². The fraction of sp³-hybridized carbons (Fsp3) is 0.692. The average Bonchev–Trinajstić information content (AvgIpc) is 2.86. The maximum Gasteiger partial charge on any atom is 0.225 e. The van der Waals surface area contributed by atoms with Gasteiger partial charge in [-0.15, -0.1) is 0 Å². The van der Waals surface area contributed by atoms with Crippen LogP contribution in [-0.2, 0) is 19.1 Å². The Morgan fingerprint density at radius 3 is 2.60 bits per heavy atom. The normalized spacial score (nSPS) is 26.0. The van der Waals surface area contributed by atoms with E-state index in [9.17, 15) is 9.59 Å². The van der Waals surface area contributed by atoms with Gasteiger partial charge in [0.05, 0.1) is 32.1 Å². The predicted molar refractivity (Wildman–Crippen MR) is 134 cm³/mol. The number of hydrogen-bond donors (Lipinski definition) is 0. The highest BCUT2D eigenvalue weighted by Gasteiger charge is 2.42. The van der Waals surface area contributed by atoms with Crippen LogP contribution >= 0.6 is 11.6 Å². The molecule has 0 saturated carbocycles. The van der Waals surface area contributed by atoms with Crippen LogP contribution in [0.5, 0.6) is 5.75 Å². The highest BCUT2D eigenvalue weighted by Crippen LogP contribution is 2.28. The van der Waals surface area contributed by atoms with Crippen molar-refractivity contribution < 1.29 is 23.8 Å². The van der Waals surface area contributed by atoms with Gasteiger partial charge in [-0.05, 0) is 57.0 Å². The molecule has 3 saturated heterocycles. The van der Waals surface area contributed by atoms with Gasteiger partial charge in [-0.3, -0.25) is 9.59 Å². The number of ether oxygens (including phenoxy) is 3. The van der Waals surface area contributed by atoms with Crippen LogP contribution in [0.2, 0.25) is 5.02 Å². The van der Waals surface area contributed by atoms with Gasteiger partial charge in [0.1, 0.15) is 18.0 Å². The summed E-state index contributed by atoms with van der Waals surface area (Å²) in [6.45, 7) is 7.13. The highest BCUT2D eigenvalue weighted by atomic mass is 35.5. The van der Waals surface area contributed by atoms with Crippen molar-refractivity contribution in [2.45, 2.75) is 50.7 Å². The SMILES string of the molecule is Cc1cc(OC[C@@]2(CC(=O)N3CCN(C)CC3)CN(C(=O)C[C@@H]3CCCCO3)CCO2)ccc1Cl. The summed E-state index contributed by atoms with van der Waals surface area (Å²) >= 11 is 6.17. The molecule has 1 aromatic rings. The molecule has 8 nitrogen and oxygen atoms in total. The van der Waals surface area contributed by atoms with Crippen LogP contribution in [-0.4, -0.2) is 104 Å². The molecular weight excluding hydrogens is 470 g/mol. The minimum Gasteiger partial charge on any atom is -0.490 e. The van der Waals surface area contributed by atoms with E-state index in [1.165, 1.54) is 0 Å². The van der Waals surface area contributed by atoms with Crippen molar-refractivity contribution >= 4 is 23.4 Å². The van der Waals surface area contributed by atoms with Crippen LogP contribution in [0.1, 0.15) is 37.7 Å². The third-order valence-electron chi connectivity index (χ3n) is 7.24. The summed E-state index contributed by atoms with van der Waals surface area (Å²) in [4.78, 5) is 32.4. The molecule has 0 radical (unpaired) electrons. The zero-order valence-electron chi connectivity index (χ0n) is 21.0. The largest absolute Gasteiger partial charge is 0.490 e. The maximum atomic E-state index is 13.3. The van der Waals surface area contributed by atoms with Gasteiger partial charge >= 0.3 is 0 Å². The van der Waals surface area contributed by atoms with Crippen LogP contribution in [0.4, 0.5) is 0 Å². The van der Waals surface area contributed by atoms with E-state index in [-0.39, 0.29) is 30.9 Å². The smallest absolute Gasteiger partial charge is 0.225 e. The van der Waals surface area contributed by atoms with Crippen molar-refractivity contribution in [3.05, 3.63) is 28.8 Å². The first-order chi connectivity index (χ1) is 16.8. The molecule has 3 fully saturated rings. The lowest BCUT2D eigenvalue weighted by molar-refractivity contribution is -0.168. The molecular formula is C26H38ClN3O5. The average molecular weight is 508 g/mol. The summed E-state index contributed by atoms with van der Waals surface area (Å²) in [5.74, 6) is 0.763. The topological polar surface area (TPSA) is 71.6 Å². The van der Waals surface area contributed by atoms with E-state index in [0.717, 1.165) is 44.5 Å². The number of carbonyl (C=O) groups is 2. The van der Waals surface area contributed by atoms with Gasteiger partial charge in [0.25, 0.3) is 0 Å². The lowest BCUT2D eigenvalue weighted by atomic mass is 9.96. The summed E-state index contributed by atoms with van der Waals surface area (Å²) < 4.78 is 18.2. The Labute approximate surface area is 213 Å². The van der Waals surface area contributed by atoms with E-state index in [1.807, 2.05) is 28.9 Å². The molecule has 2 atom stereocenters. The quantitative estimate of drug-likeness (QED) is 0.565. The Hall–Kier alpha value is -1.87. The number of aryl methyl sites for hydroxylation is 1. The summed E-state index contributed by atoms with van der Waals surface area (Å²) in [6, 6.07) is 5.50. The van der Waals surface area contributed by atoms with Crippen molar-refractivity contribution in [1.82, 2.24) is 14.7 Å². The van der Waals surface area contributed by atoms with Crippen LogP contribution in [0.3, 0.4) is 0 Å². The second-order valence-corrected chi connectivity index (χ2v) is 10.5. The number of likely N-dealkylation sites (N-methyl/N-ethyl adjacent to an activating group) is 1. The number of piperazine rings is 1. The number of rotatable bonds is 7. The van der Waals surface area contributed by atoms with Gasteiger partial charge in [-0.2, -0.15) is 0 Å². The lowest BCUT2D eigenvalue weighted by Crippen LogP contribution is -2.59. The van der Waals surface area contributed by atoms with Gasteiger partial charge in [-0.25, -0.2) is 0 Å². The predicted octanol–water partition coefficient (Wildman–Crippen LogP) is 2.75. The third kappa shape index (κ3) is 7.09. The van der Waals surface area contributed by atoms with Crippen LogP contribution in [0, 0.1) is 6.92 Å². The number of nitrogens with zero attached hydrogens (tertiary/aromatic N) is 3. The Morgan fingerprint density at radius 2 is 1.89 bits per heavy atom. The second-order valence-electron chi connectivity index (χ2n) is 10.1. The van der Waals surface area contributed by atoms with Crippen LogP contribution in [0.25, 0.3) is 0 Å². The molecule has 4 rings (SSSR count). The van der Waals surface area contributed by atoms with E-state index in [1.54, 1.807) is 6.07 Å². The Morgan fingerprint density at radius 1 is 1.09 bits per heavy atom. The summed E-state index contributed by atoms with van der Waals surface area (Å²) in [7, 11) is 2.06. The number of carbonyl (C=O) groups excluding carboxylic acids is 2. The first kappa shape index (κ1) is 26.2. The summed E-state index contributed by atoms with van der Waals surface area (Å²) in [5.41, 5.74) is 0.00977. The minimum atomic E-state index is -0.907. The Balaban J connectivity index is 1.46. The Kier molecular flexibility index (Phi) is 8.92. The number of amides is 2. The van der Waals surface area contributed by atoms with Crippen LogP contribution < -0.4 is 4.74 Å². The number of hydrogen-bond acceptors (Lipinski definition) is 6. The Bertz CT molecular complexity index is 886. The van der Waals surface area contributed by atoms with Gasteiger partial charge in [0.15, 0.2) is 0 Å². The molecule has 0 aromatic heterocycles. The molecule has 3 heterocycles. The minimum absolute atomic E-state index is 0.0197. The molecule has 2 amide bonds. The lowest BCUT2D eigenvalue weighted by Gasteiger charge is -2.43. The third-order valence-corrected chi connectivity index (χ3v) is 7.66. The van der Waals surface area contributed by atoms with Crippen LogP contribution in [0.15, 0.2) is 18.2 Å². The molecule has 35 heavy (non-hydrogen) atoms. The van der Waals surface area contributed by atoms with Crippen molar-refractivity contribution in [2.75, 3.05) is 66.1 Å². The molecule has 3 aliphatic heterocycles. The van der Waals surface area contributed by atoms with Crippen molar-refractivity contribution in [2.24, 2.45) is 0 Å². The molecule has 1 aromatic carbocycles. The molecule has 9 heteroatoms. The standard InChI is InChI=1S/C26H38ClN3O5/c1-20-15-22(6-7-23(20)27)34-19-26(17-25(32)29-10-8-28(2)9-11-29)18-30(12-14-35-26)24(31)16-21-5-3-4-13-33-21/h6-7,15,21H,3-5,8-14,16-19H2,1-2H3/t21-,26+/m0/s1. The first-order valence-corrected chi connectivity index (χ1v) is 13.1. The van der Waals surface area contributed by atoms with Gasteiger partial charge in [-0.1, -0.05) is 11.6 Å². The van der Waals surface area contributed by atoms with Gasteiger partial charge in [0, 0.05) is 44.4 Å². The molecule has 0 unspecified atom stereocenters. The van der Waals surface area contributed by atoms with Crippen molar-refractivity contribution in [1.29, 1.82) is 0 Å². The van der Waals surface area contributed by atoms with Gasteiger partial charge in [0.2, 0.25) is 11.8 Å².